The van der Waals surface area contributed by atoms with Gasteiger partial charge >= 0.3 is 0 Å². The lowest BCUT2D eigenvalue weighted by atomic mass is 10.2. The first-order valence-corrected chi connectivity index (χ1v) is 9.22. The van der Waals surface area contributed by atoms with E-state index in [9.17, 15) is 8.42 Å². The van der Waals surface area contributed by atoms with Crippen LogP contribution in [0.4, 0.5) is 0 Å². The van der Waals surface area contributed by atoms with Gasteiger partial charge in [0.2, 0.25) is 10.0 Å². The van der Waals surface area contributed by atoms with Crippen LogP contribution in [0.5, 0.6) is 0 Å². The van der Waals surface area contributed by atoms with Crippen LogP contribution in [0, 0.1) is 0 Å². The number of unbranched alkanes of at least 4 members (excludes halogenated alkanes) is 3. The predicted molar refractivity (Wildman–Crippen MR) is 74.0 cm³/mol. The summed E-state index contributed by atoms with van der Waals surface area (Å²) in [6.07, 6.45) is 6.66. The van der Waals surface area contributed by atoms with Gasteiger partial charge in [0.05, 0.1) is 5.75 Å². The molecule has 98 valence electrons. The molecule has 16 heavy (non-hydrogen) atoms. The van der Waals surface area contributed by atoms with Crippen LogP contribution in [0.3, 0.4) is 0 Å². The number of rotatable bonds is 11. The number of hydrogen-bond donors (Lipinski definition) is 1. The summed E-state index contributed by atoms with van der Waals surface area (Å²) in [4.78, 5) is 0. The lowest BCUT2D eigenvalue weighted by molar-refractivity contribution is 0.573. The van der Waals surface area contributed by atoms with Gasteiger partial charge in [-0.1, -0.05) is 6.42 Å². The molecule has 0 heterocycles. The van der Waals surface area contributed by atoms with Crippen molar-refractivity contribution in [3.8, 4) is 0 Å². The summed E-state index contributed by atoms with van der Waals surface area (Å²) in [5.74, 6) is 1.89. The molecule has 6 heteroatoms. The Labute approximate surface area is 109 Å². The lowest BCUT2D eigenvalue weighted by Gasteiger charge is -2.05. The van der Waals surface area contributed by atoms with Crippen molar-refractivity contribution in [2.75, 3.05) is 30.2 Å². The third-order valence-corrected chi connectivity index (χ3v) is 4.58. The standard InChI is InChI=1S/C10H22ClNO2S2/c1-15-9-5-2-4-8-12-16(13,14)10-6-3-7-11/h12H,2-10H2,1H3. The Morgan fingerprint density at radius 2 is 1.88 bits per heavy atom. The third kappa shape index (κ3) is 11.0. The highest BCUT2D eigenvalue weighted by atomic mass is 35.5. The molecule has 1 N–H and O–H groups in total. The Hall–Kier alpha value is 0.550. The molecular formula is C10H22ClNO2S2. The van der Waals surface area contributed by atoms with Crippen molar-refractivity contribution in [1.29, 1.82) is 0 Å². The summed E-state index contributed by atoms with van der Waals surface area (Å²) in [5, 5.41) is 0. The second-order valence-corrected chi connectivity index (χ2v) is 6.95. The van der Waals surface area contributed by atoms with Crippen LogP contribution in [0.25, 0.3) is 0 Å². The highest BCUT2D eigenvalue weighted by Gasteiger charge is 2.07. The average molecular weight is 288 g/mol. The van der Waals surface area contributed by atoms with Gasteiger partial charge in [-0.2, -0.15) is 11.8 Å². The monoisotopic (exact) mass is 287 g/mol. The van der Waals surface area contributed by atoms with Crippen molar-refractivity contribution < 1.29 is 8.42 Å². The van der Waals surface area contributed by atoms with Crippen LogP contribution in [0.1, 0.15) is 32.1 Å². The summed E-state index contributed by atoms with van der Waals surface area (Å²) >= 11 is 7.32. The molecule has 0 rings (SSSR count). The lowest BCUT2D eigenvalue weighted by Crippen LogP contribution is -2.27. The second kappa shape index (κ2) is 10.7. The van der Waals surface area contributed by atoms with Gasteiger partial charge < -0.3 is 0 Å². The molecule has 0 aromatic heterocycles. The molecule has 0 unspecified atom stereocenters. The van der Waals surface area contributed by atoms with Crippen molar-refractivity contribution in [3.05, 3.63) is 0 Å². The zero-order valence-corrected chi connectivity index (χ0v) is 12.3. The summed E-state index contributed by atoms with van der Waals surface area (Å²) in [7, 11) is -3.06. The van der Waals surface area contributed by atoms with E-state index in [1.165, 1.54) is 0 Å². The maximum Gasteiger partial charge on any atom is 0.211 e. The first-order valence-electron chi connectivity index (χ1n) is 5.64. The molecule has 0 fully saturated rings. The molecule has 0 saturated heterocycles. The topological polar surface area (TPSA) is 46.2 Å². The quantitative estimate of drug-likeness (QED) is 0.469. The third-order valence-electron chi connectivity index (χ3n) is 2.14. The van der Waals surface area contributed by atoms with Gasteiger partial charge in [-0.05, 0) is 37.7 Å². The SMILES string of the molecule is CSCCCCCNS(=O)(=O)CCCCCl. The molecule has 0 aliphatic rings. The van der Waals surface area contributed by atoms with Gasteiger partial charge in [-0.25, -0.2) is 13.1 Å². The van der Waals surface area contributed by atoms with Crippen molar-refractivity contribution in [1.82, 2.24) is 4.72 Å². The smallest absolute Gasteiger partial charge is 0.211 e. The van der Waals surface area contributed by atoms with Gasteiger partial charge in [0, 0.05) is 12.4 Å². The molecule has 3 nitrogen and oxygen atoms in total. The fourth-order valence-electron chi connectivity index (χ4n) is 1.23. The van der Waals surface area contributed by atoms with Crippen LogP contribution in [-0.2, 0) is 10.0 Å². The Morgan fingerprint density at radius 1 is 1.12 bits per heavy atom. The molecule has 0 amide bonds. The van der Waals surface area contributed by atoms with Gasteiger partial charge in [0.15, 0.2) is 0 Å². The van der Waals surface area contributed by atoms with Crippen molar-refractivity contribution in [3.63, 3.8) is 0 Å². The number of sulfonamides is 1. The fourth-order valence-corrected chi connectivity index (χ4v) is 3.10. The van der Waals surface area contributed by atoms with Gasteiger partial charge in [-0.3, -0.25) is 0 Å². The number of nitrogens with one attached hydrogen (secondary N) is 1. The van der Waals surface area contributed by atoms with Gasteiger partial charge in [0.25, 0.3) is 0 Å². The minimum atomic E-state index is -3.06. The fraction of sp³-hybridized carbons (Fsp3) is 1.00. The summed E-state index contributed by atoms with van der Waals surface area (Å²) < 4.78 is 25.5. The maximum absolute atomic E-state index is 11.4. The summed E-state index contributed by atoms with van der Waals surface area (Å²) in [5.41, 5.74) is 0. The van der Waals surface area contributed by atoms with E-state index in [0.29, 0.717) is 18.8 Å². The van der Waals surface area contributed by atoms with E-state index < -0.39 is 10.0 Å². The molecule has 0 aliphatic heterocycles. The van der Waals surface area contributed by atoms with Crippen LogP contribution in [0.15, 0.2) is 0 Å². The van der Waals surface area contributed by atoms with E-state index in [2.05, 4.69) is 11.0 Å². The van der Waals surface area contributed by atoms with Crippen LogP contribution >= 0.6 is 23.4 Å². The van der Waals surface area contributed by atoms with E-state index in [1.54, 1.807) is 0 Å². The number of thioether (sulfide) groups is 1. The molecule has 0 spiro atoms. The minimum absolute atomic E-state index is 0.199. The highest BCUT2D eigenvalue weighted by Crippen LogP contribution is 2.02. The number of alkyl halides is 1. The molecule has 0 saturated carbocycles. The van der Waals surface area contributed by atoms with Crippen molar-refractivity contribution in [2.24, 2.45) is 0 Å². The Morgan fingerprint density at radius 3 is 2.50 bits per heavy atom. The van der Waals surface area contributed by atoms with Gasteiger partial charge in [-0.15, -0.1) is 11.6 Å². The number of hydrogen-bond acceptors (Lipinski definition) is 3. The molecule has 0 aliphatic carbocycles. The zero-order valence-electron chi connectivity index (χ0n) is 9.87. The summed E-state index contributed by atoms with van der Waals surface area (Å²) in [6.45, 7) is 0.567. The zero-order chi connectivity index (χ0) is 12.3. The Balaban J connectivity index is 3.43. The van der Waals surface area contributed by atoms with Crippen LogP contribution in [-0.4, -0.2) is 38.6 Å². The highest BCUT2D eigenvalue weighted by molar-refractivity contribution is 7.98. The molecule has 0 aromatic rings. The van der Waals surface area contributed by atoms with E-state index >= 15 is 0 Å². The van der Waals surface area contributed by atoms with Crippen molar-refractivity contribution in [2.45, 2.75) is 32.1 Å². The maximum atomic E-state index is 11.4. The normalized spacial score (nSPS) is 11.9. The molecule has 0 bridgehead atoms. The van der Waals surface area contributed by atoms with Crippen LogP contribution in [0.2, 0.25) is 0 Å². The Kier molecular flexibility index (Phi) is 11.1. The predicted octanol–water partition coefficient (Wildman–Crippen LogP) is 2.46. The largest absolute Gasteiger partial charge is 0.215 e. The van der Waals surface area contributed by atoms with Crippen molar-refractivity contribution >= 4 is 33.4 Å². The molecule has 0 aromatic carbocycles. The average Bonchev–Trinajstić information content (AvgIpc) is 2.23. The molecule has 0 atom stereocenters. The second-order valence-electron chi connectivity index (χ2n) is 3.66. The first kappa shape index (κ1) is 16.6. The van der Waals surface area contributed by atoms with E-state index in [0.717, 1.165) is 31.4 Å². The minimum Gasteiger partial charge on any atom is -0.215 e. The Bertz CT molecular complexity index is 245. The van der Waals surface area contributed by atoms with E-state index in [1.807, 2.05) is 11.8 Å². The van der Waals surface area contributed by atoms with E-state index in [4.69, 9.17) is 11.6 Å². The summed E-state index contributed by atoms with van der Waals surface area (Å²) in [6, 6.07) is 0. The van der Waals surface area contributed by atoms with E-state index in [-0.39, 0.29) is 5.75 Å². The molecular weight excluding hydrogens is 266 g/mol. The van der Waals surface area contributed by atoms with Gasteiger partial charge in [0.1, 0.15) is 0 Å². The van der Waals surface area contributed by atoms with Crippen LogP contribution < -0.4 is 4.72 Å². The molecule has 0 radical (unpaired) electrons. The first-order chi connectivity index (χ1) is 7.62. The number of halogens is 1.